The van der Waals surface area contributed by atoms with E-state index in [0.29, 0.717) is 43.3 Å². The lowest BCUT2D eigenvalue weighted by Crippen LogP contribution is -2.52. The third kappa shape index (κ3) is 7.49. The summed E-state index contributed by atoms with van der Waals surface area (Å²) in [6, 6.07) is 1.15. The molecule has 0 radical (unpaired) electrons. The Morgan fingerprint density at radius 2 is 1.71 bits per heavy atom. The van der Waals surface area contributed by atoms with Gasteiger partial charge >= 0.3 is 0 Å². The number of carbonyl (C=O) groups is 1. The number of aliphatic hydroxyl groups is 1. The molecular weight excluding hydrogens is 444 g/mol. The van der Waals surface area contributed by atoms with Crippen molar-refractivity contribution in [2.75, 3.05) is 72.5 Å². The number of hydrogen-bond donors (Lipinski definition) is 1. The van der Waals surface area contributed by atoms with Gasteiger partial charge in [-0.05, 0) is 33.7 Å². The Labute approximate surface area is 211 Å². The van der Waals surface area contributed by atoms with E-state index in [9.17, 15) is 9.90 Å². The Hall–Kier alpha value is -1.52. The largest absolute Gasteiger partial charge is 0.447 e. The minimum atomic E-state index is -0.334. The Balaban J connectivity index is 1.17. The van der Waals surface area contributed by atoms with Gasteiger partial charge in [-0.15, -0.1) is 0 Å². The molecule has 9 heteroatoms. The third-order valence-corrected chi connectivity index (χ3v) is 8.14. The van der Waals surface area contributed by atoms with E-state index in [4.69, 9.17) is 4.42 Å². The maximum atomic E-state index is 13.0. The van der Waals surface area contributed by atoms with E-state index in [2.05, 4.69) is 45.5 Å². The zero-order chi connectivity index (χ0) is 24.8. The van der Waals surface area contributed by atoms with Crippen molar-refractivity contribution in [3.05, 3.63) is 17.8 Å². The van der Waals surface area contributed by atoms with Gasteiger partial charge in [0.05, 0.1) is 12.6 Å². The maximum Gasteiger partial charge on any atom is 0.275 e. The summed E-state index contributed by atoms with van der Waals surface area (Å²) in [5.74, 6) is 0.606. The lowest BCUT2D eigenvalue weighted by atomic mass is 9.94. The molecule has 3 aliphatic rings. The molecule has 0 spiro atoms. The van der Waals surface area contributed by atoms with Gasteiger partial charge in [0, 0.05) is 77.5 Å². The highest BCUT2D eigenvalue weighted by Crippen LogP contribution is 2.24. The molecule has 2 aliphatic heterocycles. The standard InChI is InChI=1S/C26H46N6O3/c1-21(2)28(3)17-23(33)18-29-9-11-30(12-10-29)19-25-27-24(20-35-25)26(34)32-15-13-31(14-16-32)22-7-5-4-6-8-22/h20-23,33H,4-19H2,1-3H3. The summed E-state index contributed by atoms with van der Waals surface area (Å²) in [7, 11) is 2.05. The molecule has 3 heterocycles. The normalized spacial score (nSPS) is 22.9. The molecule has 1 aromatic rings. The number of nitrogens with zero attached hydrogens (tertiary/aromatic N) is 6. The van der Waals surface area contributed by atoms with Crippen LogP contribution in [0.1, 0.15) is 62.3 Å². The van der Waals surface area contributed by atoms with Crippen molar-refractivity contribution in [2.45, 2.75) is 70.7 Å². The second-order valence-electron chi connectivity index (χ2n) is 11.0. The topological polar surface area (TPSA) is 79.5 Å². The van der Waals surface area contributed by atoms with Crippen LogP contribution < -0.4 is 0 Å². The molecule has 1 aromatic heterocycles. The monoisotopic (exact) mass is 490 g/mol. The first-order valence-electron chi connectivity index (χ1n) is 13.7. The van der Waals surface area contributed by atoms with Gasteiger partial charge in [0.15, 0.2) is 5.69 Å². The van der Waals surface area contributed by atoms with E-state index in [1.165, 1.54) is 38.4 Å². The summed E-state index contributed by atoms with van der Waals surface area (Å²) in [6.45, 7) is 13.4. The van der Waals surface area contributed by atoms with Crippen molar-refractivity contribution in [1.82, 2.24) is 29.5 Å². The van der Waals surface area contributed by atoms with Gasteiger partial charge in [-0.1, -0.05) is 19.3 Å². The molecule has 0 aromatic carbocycles. The number of hydrogen-bond acceptors (Lipinski definition) is 8. The first-order chi connectivity index (χ1) is 16.9. The lowest BCUT2D eigenvalue weighted by molar-refractivity contribution is 0.0469. The summed E-state index contributed by atoms with van der Waals surface area (Å²) < 4.78 is 5.68. The molecule has 1 N–H and O–H groups in total. The zero-order valence-corrected chi connectivity index (χ0v) is 22.1. The van der Waals surface area contributed by atoms with Crippen molar-refractivity contribution in [1.29, 1.82) is 0 Å². The number of carbonyl (C=O) groups excluding carboxylic acids is 1. The first-order valence-corrected chi connectivity index (χ1v) is 13.7. The Bertz CT molecular complexity index is 780. The summed E-state index contributed by atoms with van der Waals surface area (Å²) in [4.78, 5) is 28.9. The van der Waals surface area contributed by atoms with E-state index in [1.807, 2.05) is 4.90 Å². The van der Waals surface area contributed by atoms with Gasteiger partial charge in [0.1, 0.15) is 6.26 Å². The van der Waals surface area contributed by atoms with Crippen LogP contribution in [0.4, 0.5) is 0 Å². The molecule has 1 unspecified atom stereocenters. The number of oxazole rings is 1. The van der Waals surface area contributed by atoms with Crippen molar-refractivity contribution < 1.29 is 14.3 Å². The molecule has 4 rings (SSSR count). The molecule has 0 bridgehead atoms. The van der Waals surface area contributed by atoms with Gasteiger partial charge in [-0.3, -0.25) is 19.5 Å². The second kappa shape index (κ2) is 12.6. The highest BCUT2D eigenvalue weighted by atomic mass is 16.3. The highest BCUT2D eigenvalue weighted by molar-refractivity contribution is 5.92. The van der Waals surface area contributed by atoms with E-state index >= 15 is 0 Å². The zero-order valence-electron chi connectivity index (χ0n) is 22.1. The van der Waals surface area contributed by atoms with E-state index in [1.54, 1.807) is 0 Å². The van der Waals surface area contributed by atoms with Crippen LogP contribution in [0.25, 0.3) is 0 Å². The fourth-order valence-corrected chi connectivity index (χ4v) is 5.60. The minimum Gasteiger partial charge on any atom is -0.447 e. The molecule has 3 fully saturated rings. The number of β-amino-alcohol motifs (C(OH)–C–C–N with tert-alkyl or cyclic N) is 1. The Morgan fingerprint density at radius 3 is 2.37 bits per heavy atom. The summed E-state index contributed by atoms with van der Waals surface area (Å²) in [6.07, 6.45) is 7.88. The molecule has 1 aliphatic carbocycles. The van der Waals surface area contributed by atoms with Crippen LogP contribution in [0.2, 0.25) is 0 Å². The predicted octanol–water partition coefficient (Wildman–Crippen LogP) is 1.58. The van der Waals surface area contributed by atoms with E-state index < -0.39 is 0 Å². The molecule has 198 valence electrons. The molecule has 9 nitrogen and oxygen atoms in total. The predicted molar refractivity (Wildman–Crippen MR) is 136 cm³/mol. The van der Waals surface area contributed by atoms with Crippen LogP contribution >= 0.6 is 0 Å². The van der Waals surface area contributed by atoms with Crippen LogP contribution in [0.3, 0.4) is 0 Å². The van der Waals surface area contributed by atoms with Gasteiger partial charge in [-0.2, -0.15) is 0 Å². The van der Waals surface area contributed by atoms with Gasteiger partial charge in [-0.25, -0.2) is 4.98 Å². The Morgan fingerprint density at radius 1 is 1.06 bits per heavy atom. The quantitative estimate of drug-likeness (QED) is 0.559. The van der Waals surface area contributed by atoms with E-state index in [0.717, 1.165) is 52.4 Å². The summed E-state index contributed by atoms with van der Waals surface area (Å²) in [5.41, 5.74) is 0.433. The number of rotatable bonds is 9. The van der Waals surface area contributed by atoms with Gasteiger partial charge < -0.3 is 19.3 Å². The molecule has 1 saturated carbocycles. The average Bonchev–Trinajstić information content (AvgIpc) is 3.34. The number of amides is 1. The van der Waals surface area contributed by atoms with Crippen molar-refractivity contribution >= 4 is 5.91 Å². The van der Waals surface area contributed by atoms with Crippen LogP contribution in [0, 0.1) is 0 Å². The number of aliphatic hydroxyl groups excluding tert-OH is 1. The Kier molecular flexibility index (Phi) is 9.58. The van der Waals surface area contributed by atoms with Crippen molar-refractivity contribution in [2.24, 2.45) is 0 Å². The maximum absolute atomic E-state index is 13.0. The van der Waals surface area contributed by atoms with Gasteiger partial charge in [0.25, 0.3) is 5.91 Å². The smallest absolute Gasteiger partial charge is 0.275 e. The van der Waals surface area contributed by atoms with Crippen molar-refractivity contribution in [3.8, 4) is 0 Å². The van der Waals surface area contributed by atoms with Crippen LogP contribution in [0.15, 0.2) is 10.7 Å². The first kappa shape index (κ1) is 26.5. The minimum absolute atomic E-state index is 0.00605. The second-order valence-corrected chi connectivity index (χ2v) is 11.0. The summed E-state index contributed by atoms with van der Waals surface area (Å²) >= 11 is 0. The lowest BCUT2D eigenvalue weighted by Gasteiger charge is -2.40. The number of aromatic nitrogens is 1. The SMILES string of the molecule is CC(C)N(C)CC(O)CN1CCN(Cc2nc(C(=O)N3CCN(C4CCCCC4)CC3)co2)CC1. The third-order valence-electron chi connectivity index (χ3n) is 8.14. The van der Waals surface area contributed by atoms with Crippen LogP contribution in [-0.4, -0.2) is 131 Å². The van der Waals surface area contributed by atoms with Crippen LogP contribution in [0.5, 0.6) is 0 Å². The number of likely N-dealkylation sites (N-methyl/N-ethyl adjacent to an activating group) is 1. The summed E-state index contributed by atoms with van der Waals surface area (Å²) in [5, 5.41) is 10.4. The molecular formula is C26H46N6O3. The molecule has 1 atom stereocenters. The average molecular weight is 491 g/mol. The molecule has 35 heavy (non-hydrogen) atoms. The van der Waals surface area contributed by atoms with Crippen molar-refractivity contribution in [3.63, 3.8) is 0 Å². The van der Waals surface area contributed by atoms with Crippen LogP contribution in [-0.2, 0) is 6.54 Å². The van der Waals surface area contributed by atoms with E-state index in [-0.39, 0.29) is 12.0 Å². The fourth-order valence-electron chi connectivity index (χ4n) is 5.60. The fraction of sp³-hybridized carbons (Fsp3) is 0.846. The molecule has 2 saturated heterocycles. The molecule has 1 amide bonds. The highest BCUT2D eigenvalue weighted by Gasteiger charge is 2.29. The van der Waals surface area contributed by atoms with Gasteiger partial charge in [0.2, 0.25) is 5.89 Å². The number of piperazine rings is 2.